The van der Waals surface area contributed by atoms with Crippen LogP contribution in [-0.4, -0.2) is 11.6 Å². The molecular formula is C8H2BrCl2F3O2. The quantitative estimate of drug-likeness (QED) is 0.748. The van der Waals surface area contributed by atoms with Crippen molar-refractivity contribution in [1.29, 1.82) is 0 Å². The first-order valence-electron chi connectivity index (χ1n) is 3.65. The monoisotopic (exact) mass is 336 g/mol. The molecule has 1 aromatic carbocycles. The molecule has 0 amide bonds. The number of hydrogen-bond donors (Lipinski definition) is 0. The van der Waals surface area contributed by atoms with Gasteiger partial charge in [0.15, 0.2) is 5.75 Å². The molecule has 0 atom stereocenters. The van der Waals surface area contributed by atoms with Crippen molar-refractivity contribution in [2.24, 2.45) is 0 Å². The van der Waals surface area contributed by atoms with Gasteiger partial charge in [0.05, 0.1) is 10.6 Å². The Labute approximate surface area is 106 Å². The van der Waals surface area contributed by atoms with E-state index in [1.165, 1.54) is 0 Å². The Morgan fingerprint density at radius 3 is 2.38 bits per heavy atom. The molecule has 1 aromatic rings. The average Bonchev–Trinajstić information content (AvgIpc) is 2.07. The van der Waals surface area contributed by atoms with Gasteiger partial charge in [-0.1, -0.05) is 27.5 Å². The fraction of sp³-hybridized carbons (Fsp3) is 0.125. The average molecular weight is 338 g/mol. The summed E-state index contributed by atoms with van der Waals surface area (Å²) in [5, 5.41) is -1.46. The molecule has 0 spiro atoms. The van der Waals surface area contributed by atoms with Crippen molar-refractivity contribution >= 4 is 44.4 Å². The molecule has 0 aliphatic heterocycles. The minimum Gasteiger partial charge on any atom is -0.403 e. The van der Waals surface area contributed by atoms with Gasteiger partial charge in [-0.05, 0) is 23.7 Å². The molecule has 0 fully saturated rings. The van der Waals surface area contributed by atoms with Crippen molar-refractivity contribution in [1.82, 2.24) is 0 Å². The van der Waals surface area contributed by atoms with Crippen LogP contribution in [0.1, 0.15) is 10.4 Å². The maximum absolute atomic E-state index is 12.0. The topological polar surface area (TPSA) is 26.3 Å². The molecule has 0 aromatic heterocycles. The molecule has 0 radical (unpaired) electrons. The summed E-state index contributed by atoms with van der Waals surface area (Å²) in [5.74, 6) is -0.808. The summed E-state index contributed by atoms with van der Waals surface area (Å²) >= 11 is 13.6. The second kappa shape index (κ2) is 4.81. The number of alkyl halides is 3. The number of hydrogen-bond acceptors (Lipinski definition) is 2. The van der Waals surface area contributed by atoms with Crippen LogP contribution in [0.5, 0.6) is 5.75 Å². The van der Waals surface area contributed by atoms with Crippen LogP contribution in [0.4, 0.5) is 13.2 Å². The van der Waals surface area contributed by atoms with Crippen LogP contribution in [0, 0.1) is 0 Å². The van der Waals surface area contributed by atoms with E-state index >= 15 is 0 Å². The lowest BCUT2D eigenvalue weighted by Gasteiger charge is -2.13. The van der Waals surface area contributed by atoms with Gasteiger partial charge < -0.3 is 4.74 Å². The first-order chi connectivity index (χ1) is 7.20. The van der Waals surface area contributed by atoms with Gasteiger partial charge in [-0.15, -0.1) is 13.2 Å². The normalized spacial score (nSPS) is 11.4. The second-order valence-corrected chi connectivity index (χ2v) is 4.25. The van der Waals surface area contributed by atoms with Crippen LogP contribution in [0.3, 0.4) is 0 Å². The maximum Gasteiger partial charge on any atom is 0.573 e. The predicted octanol–water partition coefficient (Wildman–Crippen LogP) is 4.38. The zero-order valence-corrected chi connectivity index (χ0v) is 10.3. The lowest BCUT2D eigenvalue weighted by Crippen LogP contribution is -2.19. The van der Waals surface area contributed by atoms with Crippen LogP contribution in [0.15, 0.2) is 16.6 Å². The van der Waals surface area contributed by atoms with E-state index in [1.807, 2.05) is 0 Å². The third kappa shape index (κ3) is 3.54. The number of rotatable bonds is 2. The lowest BCUT2D eigenvalue weighted by atomic mass is 10.2. The van der Waals surface area contributed by atoms with Crippen LogP contribution < -0.4 is 4.74 Å². The summed E-state index contributed by atoms with van der Waals surface area (Å²) in [4.78, 5) is 10.9. The van der Waals surface area contributed by atoms with E-state index in [0.717, 1.165) is 12.1 Å². The molecule has 0 N–H and O–H groups in total. The van der Waals surface area contributed by atoms with Gasteiger partial charge >= 0.3 is 6.36 Å². The van der Waals surface area contributed by atoms with E-state index in [-0.39, 0.29) is 5.02 Å². The fourth-order valence-corrected chi connectivity index (χ4v) is 1.91. The van der Waals surface area contributed by atoms with Crippen LogP contribution >= 0.6 is 39.1 Å². The number of halogens is 6. The maximum atomic E-state index is 12.0. The van der Waals surface area contributed by atoms with E-state index in [4.69, 9.17) is 23.2 Å². The number of carbonyl (C=O) groups excluding carboxylic acids is 1. The van der Waals surface area contributed by atoms with Gasteiger partial charge in [-0.2, -0.15) is 0 Å². The highest BCUT2D eigenvalue weighted by atomic mass is 79.9. The first kappa shape index (κ1) is 13.6. The molecule has 0 aliphatic rings. The molecule has 88 valence electrons. The van der Waals surface area contributed by atoms with Crippen molar-refractivity contribution in [3.8, 4) is 5.75 Å². The minimum absolute atomic E-state index is 0.316. The Hall–Kier alpha value is -0.460. The highest BCUT2D eigenvalue weighted by molar-refractivity contribution is 9.10. The highest BCUT2D eigenvalue weighted by Gasteiger charge is 2.34. The molecule has 0 unspecified atom stereocenters. The SMILES string of the molecule is O=C(Cl)c1cc(Br)cc(Cl)c1OC(F)(F)F. The molecule has 0 aliphatic carbocycles. The molecule has 16 heavy (non-hydrogen) atoms. The Morgan fingerprint density at radius 2 is 1.94 bits per heavy atom. The summed E-state index contributed by atoms with van der Waals surface area (Å²) in [5.41, 5.74) is -0.460. The van der Waals surface area contributed by atoms with E-state index in [1.54, 1.807) is 0 Å². The van der Waals surface area contributed by atoms with Crippen molar-refractivity contribution in [2.75, 3.05) is 0 Å². The Balaban J connectivity index is 3.30. The zero-order valence-electron chi connectivity index (χ0n) is 7.24. The fourth-order valence-electron chi connectivity index (χ4n) is 0.926. The highest BCUT2D eigenvalue weighted by Crippen LogP contribution is 2.36. The Bertz CT molecular complexity index is 434. The zero-order chi connectivity index (χ0) is 12.5. The Morgan fingerprint density at radius 1 is 1.38 bits per heavy atom. The van der Waals surface area contributed by atoms with Gasteiger partial charge in [0.2, 0.25) is 0 Å². The largest absolute Gasteiger partial charge is 0.573 e. The van der Waals surface area contributed by atoms with Crippen molar-refractivity contribution < 1.29 is 22.7 Å². The molecule has 1 rings (SSSR count). The van der Waals surface area contributed by atoms with Crippen molar-refractivity contribution in [2.45, 2.75) is 6.36 Å². The molecule has 8 heteroatoms. The van der Waals surface area contributed by atoms with E-state index in [0.29, 0.717) is 4.47 Å². The van der Waals surface area contributed by atoms with E-state index < -0.39 is 22.9 Å². The number of carbonyl (C=O) groups is 1. The van der Waals surface area contributed by atoms with Crippen molar-refractivity contribution in [3.63, 3.8) is 0 Å². The Kier molecular flexibility index (Phi) is 4.09. The summed E-state index contributed by atoms with van der Waals surface area (Å²) in [7, 11) is 0. The van der Waals surface area contributed by atoms with E-state index in [9.17, 15) is 18.0 Å². The van der Waals surface area contributed by atoms with Crippen LogP contribution in [0.2, 0.25) is 5.02 Å². The summed E-state index contributed by atoms with van der Waals surface area (Å²) in [6.45, 7) is 0. The van der Waals surface area contributed by atoms with Gasteiger partial charge in [0.25, 0.3) is 5.24 Å². The summed E-state index contributed by atoms with van der Waals surface area (Å²) < 4.78 is 40.0. The van der Waals surface area contributed by atoms with Crippen molar-refractivity contribution in [3.05, 3.63) is 27.2 Å². The van der Waals surface area contributed by atoms with E-state index in [2.05, 4.69) is 20.7 Å². The number of benzene rings is 1. The molecule has 0 heterocycles. The van der Waals surface area contributed by atoms with Gasteiger partial charge in [0.1, 0.15) is 0 Å². The third-order valence-electron chi connectivity index (χ3n) is 1.44. The molecule has 2 nitrogen and oxygen atoms in total. The molecule has 0 saturated heterocycles. The first-order valence-corrected chi connectivity index (χ1v) is 5.20. The summed E-state index contributed by atoms with van der Waals surface area (Å²) in [6.07, 6.45) is -4.95. The molecule has 0 bridgehead atoms. The lowest BCUT2D eigenvalue weighted by molar-refractivity contribution is -0.274. The van der Waals surface area contributed by atoms with Crippen LogP contribution in [0.25, 0.3) is 0 Å². The smallest absolute Gasteiger partial charge is 0.403 e. The second-order valence-electron chi connectivity index (χ2n) is 2.59. The minimum atomic E-state index is -4.95. The number of ether oxygens (including phenoxy) is 1. The van der Waals surface area contributed by atoms with Gasteiger partial charge in [-0.3, -0.25) is 4.79 Å². The van der Waals surface area contributed by atoms with Gasteiger partial charge in [0, 0.05) is 4.47 Å². The van der Waals surface area contributed by atoms with Crippen LogP contribution in [-0.2, 0) is 0 Å². The summed E-state index contributed by atoms with van der Waals surface area (Å²) in [6, 6.07) is 2.24. The molecular weight excluding hydrogens is 336 g/mol. The molecule has 0 saturated carbocycles. The standard InChI is InChI=1S/C8H2BrCl2F3O2/c9-3-1-4(7(11)15)6(5(10)2-3)16-8(12,13)14/h1-2H. The van der Waals surface area contributed by atoms with Gasteiger partial charge in [-0.25, -0.2) is 0 Å². The predicted molar refractivity (Wildman–Crippen MR) is 56.0 cm³/mol. The third-order valence-corrected chi connectivity index (χ3v) is 2.38.